The quantitative estimate of drug-likeness (QED) is 0.542. The smallest absolute Gasteiger partial charge is 0.410 e. The maximum Gasteiger partial charge on any atom is 0.410 e. The van der Waals surface area contributed by atoms with Crippen LogP contribution in [0.4, 0.5) is 9.80 Å². The fourth-order valence-electron chi connectivity index (χ4n) is 6.76. The number of carbonyl (C=O) groups excluding carboxylic acids is 2. The van der Waals surface area contributed by atoms with Crippen LogP contribution >= 0.6 is 11.3 Å². The zero-order valence-electron chi connectivity index (χ0n) is 22.7. The topological polar surface area (TPSA) is 120 Å². The Kier molecular flexibility index (Phi) is 7.02. The van der Waals surface area contributed by atoms with E-state index < -0.39 is 22.0 Å². The molecule has 0 radical (unpaired) electrons. The number of nitriles is 1. The standard InChI is InChI=1S/C28H34N4O5S2/c1-5-37-26(34)31-11-10-21-22(14-29)25(38-23(21)15-31)30-24(33)18-6-8-20(9-7-18)39(35,36)32-17-28(4)13-19(32)12-27(2,3)16-28/h6-9,19H,5,10-13,15-17H2,1-4H3,(H,30,33). The van der Waals surface area contributed by atoms with Gasteiger partial charge in [-0.1, -0.05) is 20.8 Å². The van der Waals surface area contributed by atoms with Crippen LogP contribution in [0.5, 0.6) is 0 Å². The monoisotopic (exact) mass is 570 g/mol. The van der Waals surface area contributed by atoms with E-state index in [9.17, 15) is 23.3 Å². The Balaban J connectivity index is 1.31. The highest BCUT2D eigenvalue weighted by molar-refractivity contribution is 7.89. The first-order valence-electron chi connectivity index (χ1n) is 13.3. The van der Waals surface area contributed by atoms with E-state index in [4.69, 9.17) is 4.74 Å². The number of anilines is 1. The first kappa shape index (κ1) is 27.6. The number of ether oxygens (including phenoxy) is 1. The number of benzene rings is 1. The molecule has 1 aromatic heterocycles. The number of carbonyl (C=O) groups is 2. The molecule has 2 unspecified atom stereocenters. The largest absolute Gasteiger partial charge is 0.450 e. The molecule has 1 N–H and O–H groups in total. The molecule has 2 amide bonds. The van der Waals surface area contributed by atoms with Crippen LogP contribution in [0, 0.1) is 22.2 Å². The molecule has 1 saturated heterocycles. The van der Waals surface area contributed by atoms with Gasteiger partial charge in [0, 0.05) is 29.6 Å². The summed E-state index contributed by atoms with van der Waals surface area (Å²) in [6.07, 6.45) is 2.82. The third-order valence-electron chi connectivity index (χ3n) is 8.01. The van der Waals surface area contributed by atoms with Gasteiger partial charge >= 0.3 is 6.09 Å². The van der Waals surface area contributed by atoms with Crippen molar-refractivity contribution >= 4 is 38.4 Å². The fraction of sp³-hybridized carbons (Fsp3) is 0.536. The molecule has 5 rings (SSSR count). The third kappa shape index (κ3) is 5.17. The number of hydrogen-bond acceptors (Lipinski definition) is 7. The van der Waals surface area contributed by atoms with E-state index in [1.54, 1.807) is 16.1 Å². The van der Waals surface area contributed by atoms with Gasteiger partial charge in [-0.15, -0.1) is 11.3 Å². The molecule has 3 aliphatic rings. The molecule has 1 aliphatic carbocycles. The van der Waals surface area contributed by atoms with Gasteiger partial charge in [0.15, 0.2) is 0 Å². The summed E-state index contributed by atoms with van der Waals surface area (Å²) in [5.74, 6) is -0.428. The molecule has 11 heteroatoms. The van der Waals surface area contributed by atoms with Gasteiger partial charge in [0.05, 0.1) is 23.6 Å². The number of thiophene rings is 1. The average Bonchev–Trinajstić information content (AvgIpc) is 3.35. The lowest BCUT2D eigenvalue weighted by Crippen LogP contribution is -2.37. The van der Waals surface area contributed by atoms with Crippen molar-refractivity contribution in [1.82, 2.24) is 9.21 Å². The summed E-state index contributed by atoms with van der Waals surface area (Å²) in [7, 11) is -3.69. The van der Waals surface area contributed by atoms with E-state index >= 15 is 0 Å². The number of fused-ring (bicyclic) bond motifs is 3. The Morgan fingerprint density at radius 2 is 1.92 bits per heavy atom. The minimum atomic E-state index is -3.69. The summed E-state index contributed by atoms with van der Waals surface area (Å²) >= 11 is 1.27. The van der Waals surface area contributed by atoms with Crippen molar-refractivity contribution < 1.29 is 22.7 Å². The Labute approximate surface area is 233 Å². The van der Waals surface area contributed by atoms with E-state index in [0.29, 0.717) is 42.2 Å². The fourth-order valence-corrected chi connectivity index (χ4v) is 9.74. The van der Waals surface area contributed by atoms with Crippen molar-refractivity contribution in [2.45, 2.75) is 70.9 Å². The zero-order valence-corrected chi connectivity index (χ0v) is 24.4. The molecule has 2 fully saturated rings. The van der Waals surface area contributed by atoms with E-state index in [-0.39, 0.29) is 28.4 Å². The number of nitrogens with one attached hydrogen (secondary N) is 1. The lowest BCUT2D eigenvalue weighted by Gasteiger charge is -2.39. The number of amides is 2. The SMILES string of the molecule is CCOC(=O)N1CCc2c(sc(NC(=O)c3ccc(S(=O)(=O)N4CC5(C)CC4CC(C)(C)C5)cc3)c2C#N)C1. The molecule has 2 bridgehead atoms. The second kappa shape index (κ2) is 9.91. The van der Waals surface area contributed by atoms with Crippen LogP contribution in [0.3, 0.4) is 0 Å². The molecule has 1 saturated carbocycles. The van der Waals surface area contributed by atoms with Gasteiger partial charge in [-0.3, -0.25) is 4.79 Å². The maximum absolute atomic E-state index is 13.6. The minimum Gasteiger partial charge on any atom is -0.450 e. The Bertz CT molecular complexity index is 1460. The summed E-state index contributed by atoms with van der Waals surface area (Å²) in [5.41, 5.74) is 1.62. The predicted octanol–water partition coefficient (Wildman–Crippen LogP) is 4.98. The van der Waals surface area contributed by atoms with Crippen molar-refractivity contribution in [2.75, 3.05) is 25.0 Å². The van der Waals surface area contributed by atoms with Gasteiger partial charge in [0.25, 0.3) is 5.91 Å². The zero-order chi connectivity index (χ0) is 28.2. The second-order valence-corrected chi connectivity index (χ2v) is 14.9. The Morgan fingerprint density at radius 1 is 1.21 bits per heavy atom. The maximum atomic E-state index is 13.6. The van der Waals surface area contributed by atoms with Crippen molar-refractivity contribution in [3.63, 3.8) is 0 Å². The second-order valence-electron chi connectivity index (χ2n) is 11.9. The van der Waals surface area contributed by atoms with Gasteiger partial charge in [-0.2, -0.15) is 9.57 Å². The normalized spacial score (nSPS) is 24.1. The van der Waals surface area contributed by atoms with Gasteiger partial charge in [0.1, 0.15) is 11.1 Å². The highest BCUT2D eigenvalue weighted by Crippen LogP contribution is 2.53. The Morgan fingerprint density at radius 3 is 2.59 bits per heavy atom. The molecule has 2 aromatic rings. The van der Waals surface area contributed by atoms with Crippen LogP contribution in [0.1, 0.15) is 73.3 Å². The number of rotatable bonds is 5. The summed E-state index contributed by atoms with van der Waals surface area (Å²) in [4.78, 5) is 27.8. The van der Waals surface area contributed by atoms with Crippen molar-refractivity contribution in [1.29, 1.82) is 5.26 Å². The highest BCUT2D eigenvalue weighted by Gasteiger charge is 2.53. The van der Waals surface area contributed by atoms with Crippen molar-refractivity contribution in [2.24, 2.45) is 10.8 Å². The molecular weight excluding hydrogens is 536 g/mol. The third-order valence-corrected chi connectivity index (χ3v) is 11.1. The molecule has 208 valence electrons. The first-order chi connectivity index (χ1) is 18.4. The van der Waals surface area contributed by atoms with E-state index in [2.05, 4.69) is 32.2 Å². The lowest BCUT2D eigenvalue weighted by atomic mass is 9.65. The molecular formula is C28H34N4O5S2. The summed E-state index contributed by atoms with van der Waals surface area (Å²) in [6, 6.07) is 8.18. The predicted molar refractivity (Wildman–Crippen MR) is 148 cm³/mol. The van der Waals surface area contributed by atoms with Gasteiger partial charge in [-0.25, -0.2) is 13.2 Å². The summed E-state index contributed by atoms with van der Waals surface area (Å²) in [6.45, 7) is 9.90. The van der Waals surface area contributed by atoms with Gasteiger partial charge in [0.2, 0.25) is 10.0 Å². The van der Waals surface area contributed by atoms with Gasteiger partial charge in [-0.05, 0) is 73.3 Å². The molecule has 0 spiro atoms. The number of sulfonamides is 1. The van der Waals surface area contributed by atoms with Crippen LogP contribution in [-0.4, -0.2) is 55.4 Å². The molecule has 39 heavy (non-hydrogen) atoms. The van der Waals surface area contributed by atoms with Crippen molar-refractivity contribution in [3.8, 4) is 6.07 Å². The average molecular weight is 571 g/mol. The van der Waals surface area contributed by atoms with Crippen LogP contribution in [0.2, 0.25) is 0 Å². The minimum absolute atomic E-state index is 0.0132. The molecule has 2 aliphatic heterocycles. The first-order valence-corrected chi connectivity index (χ1v) is 15.5. The van der Waals surface area contributed by atoms with Crippen LogP contribution in [0.15, 0.2) is 29.2 Å². The molecule has 2 atom stereocenters. The lowest BCUT2D eigenvalue weighted by molar-refractivity contribution is 0.102. The van der Waals surface area contributed by atoms with Gasteiger partial charge < -0.3 is 15.0 Å². The molecule has 1 aromatic carbocycles. The molecule has 9 nitrogen and oxygen atoms in total. The number of hydrogen-bond donors (Lipinski definition) is 1. The highest BCUT2D eigenvalue weighted by atomic mass is 32.2. The van der Waals surface area contributed by atoms with Crippen LogP contribution < -0.4 is 5.32 Å². The van der Waals surface area contributed by atoms with E-state index in [0.717, 1.165) is 29.7 Å². The van der Waals surface area contributed by atoms with Crippen molar-refractivity contribution in [3.05, 3.63) is 45.8 Å². The van der Waals surface area contributed by atoms with Crippen LogP contribution in [-0.2, 0) is 27.7 Å². The van der Waals surface area contributed by atoms with Crippen LogP contribution in [0.25, 0.3) is 0 Å². The molecule has 3 heterocycles. The summed E-state index contributed by atoms with van der Waals surface area (Å²) in [5, 5.41) is 13.0. The van der Waals surface area contributed by atoms with E-state index in [1.807, 2.05) is 0 Å². The summed E-state index contributed by atoms with van der Waals surface area (Å²) < 4.78 is 33.9. The Hall–Kier alpha value is -2.94. The van der Waals surface area contributed by atoms with E-state index in [1.165, 1.54) is 35.6 Å². The number of nitrogens with zero attached hydrogens (tertiary/aromatic N) is 3.